The summed E-state index contributed by atoms with van der Waals surface area (Å²) < 4.78 is 73.5. The number of pyridine rings is 1. The van der Waals surface area contributed by atoms with E-state index in [9.17, 15) is 17.6 Å². The molecule has 3 aliphatic rings. The standard InChI is InChI=1S/C32H31F4N7O3/c1-4-23(18(2)33)31(3)45-25-7-5-6-22(27(25)46-31)19-8-11-42(12-9-19)17-26-38-24-14-20(28-39-30(41-40-28)32(34,35)36)15-37-29(24)43(26)16-21-10-13-44-21/h4-8,14-15,21H,1,9-13,16-17H2,2-3H3,(H,39,40,41)/b23-18-/t21-,31-/m0/s1. The second-order valence-corrected chi connectivity index (χ2v) is 11.6. The van der Waals surface area contributed by atoms with Crippen molar-refractivity contribution in [3.05, 3.63) is 77.8 Å². The summed E-state index contributed by atoms with van der Waals surface area (Å²) in [5.74, 6) is -1.12. The van der Waals surface area contributed by atoms with E-state index >= 15 is 0 Å². The van der Waals surface area contributed by atoms with E-state index in [-0.39, 0.29) is 17.5 Å². The predicted molar refractivity (Wildman–Crippen MR) is 160 cm³/mol. The molecule has 240 valence electrons. The van der Waals surface area contributed by atoms with Gasteiger partial charge in [-0.05, 0) is 37.5 Å². The first-order valence-corrected chi connectivity index (χ1v) is 14.9. The van der Waals surface area contributed by atoms with Gasteiger partial charge in [-0.2, -0.15) is 18.3 Å². The molecule has 2 atom stereocenters. The third-order valence-corrected chi connectivity index (χ3v) is 8.50. The van der Waals surface area contributed by atoms with Crippen molar-refractivity contribution in [2.45, 2.75) is 57.8 Å². The highest BCUT2D eigenvalue weighted by Gasteiger charge is 2.42. The summed E-state index contributed by atoms with van der Waals surface area (Å²) in [5, 5.41) is 5.68. The third kappa shape index (κ3) is 5.45. The summed E-state index contributed by atoms with van der Waals surface area (Å²) >= 11 is 0. The van der Waals surface area contributed by atoms with Crippen LogP contribution in [0.2, 0.25) is 0 Å². The van der Waals surface area contributed by atoms with Gasteiger partial charge in [0, 0.05) is 43.9 Å². The van der Waals surface area contributed by atoms with E-state index in [1.807, 2.05) is 21.8 Å². The number of allylic oxidation sites excluding steroid dienone is 1. The quantitative estimate of drug-likeness (QED) is 0.179. The molecule has 0 amide bonds. The van der Waals surface area contributed by atoms with Crippen molar-refractivity contribution < 1.29 is 31.8 Å². The zero-order valence-corrected chi connectivity index (χ0v) is 25.2. The second kappa shape index (κ2) is 11.4. The molecule has 10 nitrogen and oxygen atoms in total. The van der Waals surface area contributed by atoms with E-state index in [1.165, 1.54) is 19.2 Å². The molecule has 0 spiro atoms. The van der Waals surface area contributed by atoms with Gasteiger partial charge in [0.25, 0.3) is 5.79 Å². The highest BCUT2D eigenvalue weighted by Crippen LogP contribution is 2.48. The maximum absolute atomic E-state index is 14.3. The molecule has 3 aliphatic heterocycles. The number of H-pyrrole nitrogens is 1. The van der Waals surface area contributed by atoms with Crippen LogP contribution >= 0.6 is 0 Å². The van der Waals surface area contributed by atoms with Gasteiger partial charge >= 0.3 is 6.18 Å². The van der Waals surface area contributed by atoms with Crippen molar-refractivity contribution in [1.29, 1.82) is 0 Å². The van der Waals surface area contributed by atoms with Gasteiger partial charge in [-0.15, -0.1) is 0 Å². The summed E-state index contributed by atoms with van der Waals surface area (Å²) in [5.41, 5.74) is 3.71. The number of nitrogens with zero attached hydrogens (tertiary/aromatic N) is 6. The fourth-order valence-electron chi connectivity index (χ4n) is 6.07. The van der Waals surface area contributed by atoms with Crippen molar-refractivity contribution in [3.8, 4) is 22.9 Å². The number of hydrogen-bond acceptors (Lipinski definition) is 8. The maximum Gasteiger partial charge on any atom is 0.451 e. The predicted octanol–water partition coefficient (Wildman–Crippen LogP) is 6.23. The maximum atomic E-state index is 14.3. The van der Waals surface area contributed by atoms with Crippen LogP contribution in [0.5, 0.6) is 11.5 Å². The number of rotatable bonds is 8. The van der Waals surface area contributed by atoms with Crippen LogP contribution in [0, 0.1) is 0 Å². The zero-order valence-electron chi connectivity index (χ0n) is 25.2. The lowest BCUT2D eigenvalue weighted by molar-refractivity contribution is -0.144. The number of ether oxygens (including phenoxy) is 3. The second-order valence-electron chi connectivity index (χ2n) is 11.6. The Hall–Kier alpha value is -4.56. The topological polar surface area (TPSA) is 103 Å². The van der Waals surface area contributed by atoms with E-state index in [2.05, 4.69) is 32.6 Å². The van der Waals surface area contributed by atoms with E-state index in [0.29, 0.717) is 54.5 Å². The van der Waals surface area contributed by atoms with Crippen LogP contribution in [0.3, 0.4) is 0 Å². The first kappa shape index (κ1) is 30.1. The minimum Gasteiger partial charge on any atom is -0.444 e. The normalized spacial score (nSPS) is 22.0. The van der Waals surface area contributed by atoms with Crippen LogP contribution in [0.1, 0.15) is 43.9 Å². The summed E-state index contributed by atoms with van der Waals surface area (Å²) in [7, 11) is 0. The van der Waals surface area contributed by atoms with Crippen LogP contribution in [0.4, 0.5) is 17.6 Å². The van der Waals surface area contributed by atoms with Crippen LogP contribution < -0.4 is 9.47 Å². The summed E-state index contributed by atoms with van der Waals surface area (Å²) in [4.78, 5) is 15.3. The van der Waals surface area contributed by atoms with Gasteiger partial charge in [-0.1, -0.05) is 30.9 Å². The molecule has 7 rings (SSSR count). The van der Waals surface area contributed by atoms with Crippen molar-refractivity contribution in [2.24, 2.45) is 0 Å². The number of aromatic amines is 1. The Morgan fingerprint density at radius 2 is 2.07 bits per heavy atom. The van der Waals surface area contributed by atoms with Gasteiger partial charge < -0.3 is 18.8 Å². The lowest BCUT2D eigenvalue weighted by Crippen LogP contribution is -2.37. The first-order chi connectivity index (χ1) is 22.0. The average molecular weight is 638 g/mol. The molecule has 46 heavy (non-hydrogen) atoms. The lowest BCUT2D eigenvalue weighted by atomic mass is 9.98. The average Bonchev–Trinajstić information content (AvgIpc) is 3.70. The summed E-state index contributed by atoms with van der Waals surface area (Å²) in [6.45, 7) is 9.91. The SMILES string of the molecule is C=C/C(=C(\C)F)[C@@]1(C)Oc2cccc(C3=CCN(Cc4nc5cc(-c6n[nH]c(C(F)(F)F)n6)cnc5n4C[C@@H]4CCO4)CC3)c2O1. The Labute approximate surface area is 261 Å². The van der Waals surface area contributed by atoms with E-state index in [0.717, 1.165) is 36.3 Å². The molecular weight excluding hydrogens is 606 g/mol. The number of aromatic nitrogens is 6. The van der Waals surface area contributed by atoms with Gasteiger partial charge in [0.15, 0.2) is 23.0 Å². The van der Waals surface area contributed by atoms with E-state index in [4.69, 9.17) is 19.2 Å². The number of benzene rings is 1. The number of nitrogens with one attached hydrogen (secondary N) is 1. The number of para-hydroxylation sites is 1. The number of halogens is 4. The molecule has 0 radical (unpaired) electrons. The molecule has 1 saturated heterocycles. The number of alkyl halides is 3. The van der Waals surface area contributed by atoms with Crippen LogP contribution in [0.15, 0.2) is 60.6 Å². The van der Waals surface area contributed by atoms with E-state index in [1.54, 1.807) is 19.1 Å². The van der Waals surface area contributed by atoms with Gasteiger partial charge in [-0.3, -0.25) is 10.00 Å². The molecule has 0 bridgehead atoms. The van der Waals surface area contributed by atoms with Crippen LogP contribution in [-0.4, -0.2) is 66.2 Å². The molecule has 6 heterocycles. The van der Waals surface area contributed by atoms with Gasteiger partial charge in [0.2, 0.25) is 5.82 Å². The monoisotopic (exact) mass is 637 g/mol. The fraction of sp³-hybridized carbons (Fsp3) is 0.375. The lowest BCUT2D eigenvalue weighted by Gasteiger charge is -2.29. The summed E-state index contributed by atoms with van der Waals surface area (Å²) in [6.07, 6.45) is 2.07. The van der Waals surface area contributed by atoms with Crippen LogP contribution in [-0.2, 0) is 24.0 Å². The van der Waals surface area contributed by atoms with E-state index < -0.39 is 23.6 Å². The van der Waals surface area contributed by atoms with Crippen molar-refractivity contribution in [3.63, 3.8) is 0 Å². The molecule has 4 aromatic rings. The Kier molecular flexibility index (Phi) is 7.43. The molecule has 0 unspecified atom stereocenters. The number of hydrogen-bond donors (Lipinski definition) is 1. The summed E-state index contributed by atoms with van der Waals surface area (Å²) in [6, 6.07) is 7.33. The molecule has 0 saturated carbocycles. The zero-order chi connectivity index (χ0) is 32.2. The largest absolute Gasteiger partial charge is 0.451 e. The fourth-order valence-corrected chi connectivity index (χ4v) is 6.07. The Bertz CT molecular complexity index is 1890. The molecule has 1 fully saturated rings. The number of fused-ring (bicyclic) bond motifs is 2. The van der Waals surface area contributed by atoms with Gasteiger partial charge in [0.05, 0.1) is 24.8 Å². The molecule has 14 heteroatoms. The molecule has 0 aliphatic carbocycles. The molecule has 3 aromatic heterocycles. The minimum absolute atomic E-state index is 0.0403. The Morgan fingerprint density at radius 3 is 2.72 bits per heavy atom. The molecular formula is C32H31F4N7O3. The Balaban J connectivity index is 1.13. The third-order valence-electron chi connectivity index (χ3n) is 8.50. The highest BCUT2D eigenvalue weighted by atomic mass is 19.4. The number of imidazole rings is 1. The Morgan fingerprint density at radius 1 is 1.24 bits per heavy atom. The van der Waals surface area contributed by atoms with Crippen molar-refractivity contribution in [2.75, 3.05) is 19.7 Å². The van der Waals surface area contributed by atoms with Crippen molar-refractivity contribution in [1.82, 2.24) is 34.6 Å². The van der Waals surface area contributed by atoms with Crippen LogP contribution in [0.25, 0.3) is 28.1 Å². The first-order valence-electron chi connectivity index (χ1n) is 14.9. The van der Waals surface area contributed by atoms with Crippen molar-refractivity contribution >= 4 is 16.7 Å². The smallest absolute Gasteiger partial charge is 0.444 e. The minimum atomic E-state index is -4.63. The van der Waals surface area contributed by atoms with Gasteiger partial charge in [-0.25, -0.2) is 19.3 Å². The molecule has 1 aromatic carbocycles. The highest BCUT2D eigenvalue weighted by molar-refractivity contribution is 5.77. The molecule has 1 N–H and O–H groups in total. The van der Waals surface area contributed by atoms with Gasteiger partial charge in [0.1, 0.15) is 17.2 Å².